The lowest BCUT2D eigenvalue weighted by Crippen LogP contribution is -2.26. The molecule has 6 nitrogen and oxygen atoms in total. The number of benzene rings is 2. The first-order valence-corrected chi connectivity index (χ1v) is 11.4. The van der Waals surface area contributed by atoms with Crippen LogP contribution in [0.15, 0.2) is 46.2 Å². The zero-order valence-corrected chi connectivity index (χ0v) is 17.5. The Kier molecular flexibility index (Phi) is 5.81. The van der Waals surface area contributed by atoms with Gasteiger partial charge in [-0.15, -0.1) is 11.8 Å². The molecule has 1 aliphatic heterocycles. The zero-order chi connectivity index (χ0) is 20.5. The molecule has 8 heteroatoms. The number of amides is 2. The van der Waals surface area contributed by atoms with E-state index in [0.29, 0.717) is 17.1 Å². The molecule has 1 unspecified atom stereocenters. The van der Waals surface area contributed by atoms with Gasteiger partial charge in [0.1, 0.15) is 0 Å². The zero-order valence-electron chi connectivity index (χ0n) is 15.9. The van der Waals surface area contributed by atoms with Crippen LogP contribution < -0.4 is 10.6 Å². The largest absolute Gasteiger partial charge is 0.326 e. The lowest BCUT2D eigenvalue weighted by molar-refractivity contribution is -0.116. The van der Waals surface area contributed by atoms with E-state index in [2.05, 4.69) is 10.6 Å². The van der Waals surface area contributed by atoms with Gasteiger partial charge in [-0.2, -0.15) is 0 Å². The predicted octanol–water partition coefficient (Wildman–Crippen LogP) is 3.54. The molecule has 0 bridgehead atoms. The molecule has 0 saturated carbocycles. The minimum absolute atomic E-state index is 0.0985. The predicted molar refractivity (Wildman–Crippen MR) is 112 cm³/mol. The van der Waals surface area contributed by atoms with E-state index in [-0.39, 0.29) is 23.1 Å². The highest BCUT2D eigenvalue weighted by Gasteiger charge is 2.27. The summed E-state index contributed by atoms with van der Waals surface area (Å²) in [5.41, 5.74) is 3.05. The maximum Gasteiger partial charge on any atom is 0.234 e. The number of sulfone groups is 1. The van der Waals surface area contributed by atoms with Gasteiger partial charge >= 0.3 is 0 Å². The number of nitrogens with one attached hydrogen (secondary N) is 2. The van der Waals surface area contributed by atoms with Crippen molar-refractivity contribution in [2.75, 3.05) is 16.4 Å². The van der Waals surface area contributed by atoms with E-state index >= 15 is 0 Å². The van der Waals surface area contributed by atoms with Crippen LogP contribution in [0.4, 0.5) is 11.4 Å². The Balaban J connectivity index is 1.76. The van der Waals surface area contributed by atoms with Crippen molar-refractivity contribution >= 4 is 44.8 Å². The van der Waals surface area contributed by atoms with Gasteiger partial charge in [0.25, 0.3) is 0 Å². The number of aryl methyl sites for hydroxylation is 2. The molecule has 1 aliphatic rings. The van der Waals surface area contributed by atoms with Crippen molar-refractivity contribution in [1.29, 1.82) is 0 Å². The number of anilines is 2. The molecule has 0 aliphatic carbocycles. The summed E-state index contributed by atoms with van der Waals surface area (Å²) in [4.78, 5) is 24.9. The van der Waals surface area contributed by atoms with Crippen molar-refractivity contribution < 1.29 is 18.0 Å². The number of hydrogen-bond donors (Lipinski definition) is 2. The molecular formula is C20H22N2O4S2. The first kappa shape index (κ1) is 20.4. The van der Waals surface area contributed by atoms with Crippen LogP contribution in [-0.2, 0) is 19.4 Å². The Morgan fingerprint density at radius 3 is 2.57 bits per heavy atom. The number of carbonyl (C=O) groups is 2. The number of fused-ring (bicyclic) bond motifs is 1. The third-order valence-electron chi connectivity index (χ3n) is 4.66. The summed E-state index contributed by atoms with van der Waals surface area (Å²) in [6.07, 6.45) is -0.158. The van der Waals surface area contributed by atoms with Gasteiger partial charge < -0.3 is 10.6 Å². The minimum Gasteiger partial charge on any atom is -0.326 e. The molecule has 0 saturated heterocycles. The van der Waals surface area contributed by atoms with Gasteiger partial charge in [-0.05, 0) is 50.1 Å². The van der Waals surface area contributed by atoms with Crippen molar-refractivity contribution in [3.05, 3.63) is 47.5 Å². The van der Waals surface area contributed by atoms with Crippen LogP contribution in [0.2, 0.25) is 0 Å². The van der Waals surface area contributed by atoms with E-state index in [0.717, 1.165) is 16.0 Å². The average molecular weight is 419 g/mol. The van der Waals surface area contributed by atoms with E-state index < -0.39 is 15.1 Å². The van der Waals surface area contributed by atoms with Crippen LogP contribution in [0.25, 0.3) is 0 Å². The fourth-order valence-corrected chi connectivity index (χ4v) is 5.21. The third kappa shape index (κ3) is 4.23. The number of para-hydroxylation sites is 1. The Labute approximate surface area is 169 Å². The first-order chi connectivity index (χ1) is 13.2. The fourth-order valence-electron chi connectivity index (χ4n) is 3.04. The molecule has 0 aromatic heterocycles. The highest BCUT2D eigenvalue weighted by Crippen LogP contribution is 2.34. The first-order valence-electron chi connectivity index (χ1n) is 8.85. The summed E-state index contributed by atoms with van der Waals surface area (Å²) in [7, 11) is -3.72. The van der Waals surface area contributed by atoms with E-state index in [4.69, 9.17) is 0 Å². The summed E-state index contributed by atoms with van der Waals surface area (Å²) in [5.74, 6) is -0.197. The van der Waals surface area contributed by atoms with Gasteiger partial charge in [0.15, 0.2) is 9.84 Å². The van der Waals surface area contributed by atoms with Crippen LogP contribution in [0.3, 0.4) is 0 Å². The summed E-state index contributed by atoms with van der Waals surface area (Å²) in [6.45, 7) is 5.30. The van der Waals surface area contributed by atoms with Crippen LogP contribution in [0, 0.1) is 13.8 Å². The molecular weight excluding hydrogens is 396 g/mol. The van der Waals surface area contributed by atoms with Crippen LogP contribution in [0.1, 0.15) is 24.5 Å². The van der Waals surface area contributed by atoms with Gasteiger partial charge in [-0.25, -0.2) is 8.42 Å². The fraction of sp³-hybridized carbons (Fsp3) is 0.300. The number of thioether (sulfide) groups is 1. The second-order valence-corrected chi connectivity index (χ2v) is 10.3. The number of hydrogen-bond acceptors (Lipinski definition) is 5. The van der Waals surface area contributed by atoms with E-state index in [1.807, 2.05) is 32.0 Å². The van der Waals surface area contributed by atoms with Crippen LogP contribution in [0.5, 0.6) is 0 Å². The van der Waals surface area contributed by atoms with Crippen LogP contribution >= 0.6 is 11.8 Å². The molecule has 0 fully saturated rings. The standard InChI is InChI=1S/C20H22N2O4S2/c1-12-5-4-6-13(2)20(12)22-18(23)9-14(3)28(25,26)15-7-8-17-16(10-15)21-19(24)11-27-17/h4-8,10,14H,9,11H2,1-3H3,(H,21,24)(H,22,23). The van der Waals surface area contributed by atoms with Crippen LogP contribution in [-0.4, -0.2) is 31.2 Å². The number of rotatable bonds is 5. The Bertz CT molecular complexity index is 1030. The molecule has 0 spiro atoms. The van der Waals surface area contributed by atoms with Gasteiger partial charge in [0.05, 0.1) is 21.6 Å². The molecule has 28 heavy (non-hydrogen) atoms. The second-order valence-electron chi connectivity index (χ2n) is 6.87. The maximum atomic E-state index is 12.9. The SMILES string of the molecule is Cc1cccc(C)c1NC(=O)CC(C)S(=O)(=O)c1ccc2c(c1)NC(=O)CS2. The monoisotopic (exact) mass is 418 g/mol. The quantitative estimate of drug-likeness (QED) is 0.775. The van der Waals surface area contributed by atoms with E-state index in [1.54, 1.807) is 6.07 Å². The third-order valence-corrected chi connectivity index (χ3v) is 7.87. The Hall–Kier alpha value is -2.32. The molecule has 2 N–H and O–H groups in total. The molecule has 2 aromatic rings. The lowest BCUT2D eigenvalue weighted by Gasteiger charge is -2.19. The molecule has 0 radical (unpaired) electrons. The topological polar surface area (TPSA) is 92.3 Å². The van der Waals surface area contributed by atoms with Gasteiger partial charge in [-0.1, -0.05) is 18.2 Å². The summed E-state index contributed by atoms with van der Waals surface area (Å²) in [6, 6.07) is 10.4. The van der Waals surface area contributed by atoms with Gasteiger partial charge in [0, 0.05) is 17.0 Å². The van der Waals surface area contributed by atoms with Gasteiger partial charge in [0.2, 0.25) is 11.8 Å². The summed E-state index contributed by atoms with van der Waals surface area (Å²) in [5, 5.41) is 4.62. The molecule has 3 rings (SSSR count). The van der Waals surface area contributed by atoms with E-state index in [9.17, 15) is 18.0 Å². The molecule has 1 atom stereocenters. The minimum atomic E-state index is -3.72. The van der Waals surface area contributed by atoms with Crippen molar-refractivity contribution in [2.45, 2.75) is 42.2 Å². The summed E-state index contributed by atoms with van der Waals surface area (Å²) < 4.78 is 25.8. The molecule has 148 valence electrons. The second kappa shape index (κ2) is 7.97. The maximum absolute atomic E-state index is 12.9. The summed E-state index contributed by atoms with van der Waals surface area (Å²) >= 11 is 1.37. The van der Waals surface area contributed by atoms with Crippen molar-refractivity contribution in [1.82, 2.24) is 0 Å². The van der Waals surface area contributed by atoms with E-state index in [1.165, 1.54) is 30.8 Å². The smallest absolute Gasteiger partial charge is 0.234 e. The van der Waals surface area contributed by atoms with Gasteiger partial charge in [-0.3, -0.25) is 9.59 Å². The molecule has 2 amide bonds. The lowest BCUT2D eigenvalue weighted by atomic mass is 10.1. The van der Waals surface area contributed by atoms with Crippen molar-refractivity contribution in [3.63, 3.8) is 0 Å². The Morgan fingerprint density at radius 1 is 1.21 bits per heavy atom. The molecule has 1 heterocycles. The highest BCUT2D eigenvalue weighted by atomic mass is 32.2. The highest BCUT2D eigenvalue weighted by molar-refractivity contribution is 8.00. The normalized spacial score (nSPS) is 14.8. The van der Waals surface area contributed by atoms with Crippen molar-refractivity contribution in [3.8, 4) is 0 Å². The Morgan fingerprint density at radius 2 is 1.89 bits per heavy atom. The molecule has 2 aromatic carbocycles. The van der Waals surface area contributed by atoms with Crippen molar-refractivity contribution in [2.24, 2.45) is 0 Å². The number of carbonyl (C=O) groups excluding carboxylic acids is 2. The average Bonchev–Trinajstić information content (AvgIpc) is 2.64.